The Hall–Kier alpha value is -1.22. The Balaban J connectivity index is 2.33. The summed E-state index contributed by atoms with van der Waals surface area (Å²) in [5, 5.41) is 1.27. The van der Waals surface area contributed by atoms with E-state index in [1.165, 1.54) is 15.6 Å². The van der Waals surface area contributed by atoms with E-state index in [0.29, 0.717) is 5.92 Å². The van der Waals surface area contributed by atoms with Crippen molar-refractivity contribution in [1.29, 1.82) is 0 Å². The summed E-state index contributed by atoms with van der Waals surface area (Å²) in [4.78, 5) is 5.79. The Labute approximate surface area is 107 Å². The van der Waals surface area contributed by atoms with E-state index in [9.17, 15) is 0 Å². The van der Waals surface area contributed by atoms with Gasteiger partial charge < -0.3 is 4.57 Å². The number of benzene rings is 1. The molecule has 1 aromatic carbocycles. The predicted molar refractivity (Wildman–Crippen MR) is 72.6 cm³/mol. The van der Waals surface area contributed by atoms with Gasteiger partial charge in [0.05, 0.1) is 12.0 Å². The summed E-state index contributed by atoms with van der Waals surface area (Å²) in [5.41, 5.74) is 1.20. The molecule has 0 atom stereocenters. The quantitative estimate of drug-likeness (QED) is 0.805. The van der Waals surface area contributed by atoms with Crippen LogP contribution in [-0.4, -0.2) is 9.55 Å². The monoisotopic (exact) mass is 246 g/mol. The Morgan fingerprint density at radius 1 is 1.24 bits per heavy atom. The predicted octanol–water partition coefficient (Wildman–Crippen LogP) is 4.18. The summed E-state index contributed by atoms with van der Waals surface area (Å²) >= 11 is 1.80. The van der Waals surface area contributed by atoms with Crippen LogP contribution in [0.5, 0.6) is 0 Å². The number of aryl methyl sites for hydroxylation is 1. The van der Waals surface area contributed by atoms with E-state index in [4.69, 9.17) is 0 Å². The molecule has 3 heteroatoms. The van der Waals surface area contributed by atoms with Crippen LogP contribution in [0.25, 0.3) is 0 Å². The van der Waals surface area contributed by atoms with Gasteiger partial charge in [0.25, 0.3) is 0 Å². The summed E-state index contributed by atoms with van der Waals surface area (Å²) in [6.45, 7) is 7.50. The van der Waals surface area contributed by atoms with Gasteiger partial charge in [-0.1, -0.05) is 43.8 Å². The minimum absolute atomic E-state index is 0.467. The maximum absolute atomic E-state index is 4.52. The summed E-state index contributed by atoms with van der Waals surface area (Å²) in [7, 11) is 0. The topological polar surface area (TPSA) is 17.8 Å². The standard InChI is InChI=1S/C14H18N2S/c1-4-16-10-15-13(11(2)3)14(16)17-12-8-6-5-7-9-12/h5-11H,4H2,1-3H3. The molecule has 2 aromatic rings. The second-order valence-corrected chi connectivity index (χ2v) is 5.35. The third kappa shape index (κ3) is 2.72. The van der Waals surface area contributed by atoms with E-state index < -0.39 is 0 Å². The third-order valence-corrected chi connectivity index (χ3v) is 3.81. The molecule has 0 aliphatic rings. The fraction of sp³-hybridized carbons (Fsp3) is 0.357. The normalized spacial score (nSPS) is 11.1. The zero-order chi connectivity index (χ0) is 12.3. The molecule has 0 bridgehead atoms. The molecule has 2 rings (SSSR count). The molecule has 0 spiro atoms. The lowest BCUT2D eigenvalue weighted by atomic mass is 10.2. The van der Waals surface area contributed by atoms with Crippen LogP contribution in [-0.2, 0) is 6.54 Å². The number of rotatable bonds is 4. The van der Waals surface area contributed by atoms with Crippen molar-refractivity contribution in [1.82, 2.24) is 9.55 Å². The first kappa shape index (κ1) is 12.2. The van der Waals surface area contributed by atoms with Gasteiger partial charge in [0, 0.05) is 11.4 Å². The van der Waals surface area contributed by atoms with E-state index >= 15 is 0 Å². The van der Waals surface area contributed by atoms with Gasteiger partial charge in [-0.05, 0) is 25.0 Å². The highest BCUT2D eigenvalue weighted by molar-refractivity contribution is 7.99. The lowest BCUT2D eigenvalue weighted by Crippen LogP contribution is -1.97. The van der Waals surface area contributed by atoms with Gasteiger partial charge in [0.1, 0.15) is 5.03 Å². The van der Waals surface area contributed by atoms with Gasteiger partial charge in [-0.15, -0.1) is 0 Å². The highest BCUT2D eigenvalue weighted by Gasteiger charge is 2.14. The molecule has 0 fully saturated rings. The SMILES string of the molecule is CCn1cnc(C(C)C)c1Sc1ccccc1. The van der Waals surface area contributed by atoms with Gasteiger partial charge in [0.2, 0.25) is 0 Å². The zero-order valence-corrected chi connectivity index (χ0v) is 11.4. The van der Waals surface area contributed by atoms with Gasteiger partial charge in [0.15, 0.2) is 0 Å². The fourth-order valence-electron chi connectivity index (χ4n) is 1.72. The van der Waals surface area contributed by atoms with Crippen LogP contribution in [0.2, 0.25) is 0 Å². The highest BCUT2D eigenvalue weighted by atomic mass is 32.2. The van der Waals surface area contributed by atoms with E-state index in [2.05, 4.69) is 54.6 Å². The van der Waals surface area contributed by atoms with Crippen LogP contribution in [0, 0.1) is 0 Å². The first-order valence-electron chi connectivity index (χ1n) is 6.00. The van der Waals surface area contributed by atoms with Crippen molar-refractivity contribution in [3.8, 4) is 0 Å². The van der Waals surface area contributed by atoms with Crippen LogP contribution in [0.1, 0.15) is 32.4 Å². The van der Waals surface area contributed by atoms with Crippen molar-refractivity contribution in [3.63, 3.8) is 0 Å². The van der Waals surface area contributed by atoms with Crippen molar-refractivity contribution < 1.29 is 0 Å². The van der Waals surface area contributed by atoms with Crippen LogP contribution >= 0.6 is 11.8 Å². The van der Waals surface area contributed by atoms with E-state index in [1.54, 1.807) is 11.8 Å². The summed E-state index contributed by atoms with van der Waals surface area (Å²) in [6.07, 6.45) is 1.95. The molecule has 0 aliphatic heterocycles. The molecule has 1 aromatic heterocycles. The first-order chi connectivity index (χ1) is 8.22. The fourth-order valence-corrected chi connectivity index (χ4v) is 2.92. The average Bonchev–Trinajstić information content (AvgIpc) is 2.73. The van der Waals surface area contributed by atoms with E-state index in [-0.39, 0.29) is 0 Å². The molecule has 0 saturated heterocycles. The maximum atomic E-state index is 4.52. The smallest absolute Gasteiger partial charge is 0.103 e. The Morgan fingerprint density at radius 2 is 1.94 bits per heavy atom. The largest absolute Gasteiger partial charge is 0.326 e. The molecule has 0 amide bonds. The van der Waals surface area contributed by atoms with Crippen molar-refractivity contribution in [3.05, 3.63) is 42.4 Å². The Kier molecular flexibility index (Phi) is 3.89. The van der Waals surface area contributed by atoms with E-state index in [0.717, 1.165) is 6.54 Å². The molecule has 0 saturated carbocycles. The molecule has 90 valence electrons. The van der Waals surface area contributed by atoms with Crippen molar-refractivity contribution >= 4 is 11.8 Å². The van der Waals surface area contributed by atoms with Gasteiger partial charge in [-0.25, -0.2) is 4.98 Å². The van der Waals surface area contributed by atoms with Crippen LogP contribution in [0.15, 0.2) is 46.6 Å². The maximum Gasteiger partial charge on any atom is 0.103 e. The number of nitrogens with zero attached hydrogens (tertiary/aromatic N) is 2. The molecule has 2 nitrogen and oxygen atoms in total. The second kappa shape index (κ2) is 5.41. The van der Waals surface area contributed by atoms with Crippen molar-refractivity contribution in [2.24, 2.45) is 0 Å². The third-order valence-electron chi connectivity index (χ3n) is 2.66. The lowest BCUT2D eigenvalue weighted by Gasteiger charge is -2.09. The summed E-state index contributed by atoms with van der Waals surface area (Å²) < 4.78 is 2.22. The highest BCUT2D eigenvalue weighted by Crippen LogP contribution is 2.33. The van der Waals surface area contributed by atoms with Crippen LogP contribution in [0.4, 0.5) is 0 Å². The van der Waals surface area contributed by atoms with Crippen molar-refractivity contribution in [2.45, 2.75) is 43.2 Å². The zero-order valence-electron chi connectivity index (χ0n) is 10.6. The number of hydrogen-bond acceptors (Lipinski definition) is 2. The minimum Gasteiger partial charge on any atom is -0.326 e. The van der Waals surface area contributed by atoms with Crippen molar-refractivity contribution in [2.75, 3.05) is 0 Å². The average molecular weight is 246 g/mol. The Bertz CT molecular complexity index is 474. The van der Waals surface area contributed by atoms with Crippen LogP contribution in [0.3, 0.4) is 0 Å². The molecule has 17 heavy (non-hydrogen) atoms. The van der Waals surface area contributed by atoms with Gasteiger partial charge in [-0.3, -0.25) is 0 Å². The van der Waals surface area contributed by atoms with Crippen LogP contribution < -0.4 is 0 Å². The first-order valence-corrected chi connectivity index (χ1v) is 6.82. The molecule has 1 heterocycles. The molecular formula is C14H18N2S. The van der Waals surface area contributed by atoms with Gasteiger partial charge in [-0.2, -0.15) is 0 Å². The molecule has 0 unspecified atom stereocenters. The second-order valence-electron chi connectivity index (χ2n) is 4.29. The summed E-state index contributed by atoms with van der Waals surface area (Å²) in [6, 6.07) is 10.5. The van der Waals surface area contributed by atoms with E-state index in [1.807, 2.05) is 12.4 Å². The number of hydrogen-bond donors (Lipinski definition) is 0. The Morgan fingerprint density at radius 3 is 2.53 bits per heavy atom. The lowest BCUT2D eigenvalue weighted by molar-refractivity contribution is 0.683. The van der Waals surface area contributed by atoms with Gasteiger partial charge >= 0.3 is 0 Å². The summed E-state index contributed by atoms with van der Waals surface area (Å²) in [5.74, 6) is 0.467. The molecule has 0 radical (unpaired) electrons. The number of imidazole rings is 1. The molecule has 0 N–H and O–H groups in total. The molecule has 0 aliphatic carbocycles. The number of aromatic nitrogens is 2. The minimum atomic E-state index is 0.467. The molecular weight excluding hydrogens is 228 g/mol.